The van der Waals surface area contributed by atoms with Gasteiger partial charge in [-0.05, 0) is 49.7 Å². The third-order valence-corrected chi connectivity index (χ3v) is 6.69. The number of benzene rings is 2. The molecule has 0 amide bonds. The fraction of sp³-hybridized carbons (Fsp3) is 0.278. The average molecular weight is 407 g/mol. The molecule has 0 radical (unpaired) electrons. The summed E-state index contributed by atoms with van der Waals surface area (Å²) in [6.07, 6.45) is 3.70. The fourth-order valence-electron chi connectivity index (χ4n) is 3.23. The second-order valence-electron chi connectivity index (χ2n) is 6.48. The molecule has 4 rings (SSSR count). The molecule has 0 spiro atoms. The van der Waals surface area contributed by atoms with Gasteiger partial charge in [-0.15, -0.1) is 0 Å². The molecular formula is C18H19ClN4O3S. The molecular weight excluding hydrogens is 388 g/mol. The SMILES string of the molecule is Nc1ccc(S(=O)(=O)n2ncc3c(OCC4CCCN4)cccc32)c(Cl)c1. The van der Waals surface area contributed by atoms with E-state index in [9.17, 15) is 8.42 Å². The second kappa shape index (κ2) is 7.03. The Labute approximate surface area is 162 Å². The lowest BCUT2D eigenvalue weighted by atomic mass is 10.2. The van der Waals surface area contributed by atoms with Gasteiger partial charge in [0.1, 0.15) is 17.3 Å². The Hall–Kier alpha value is -2.29. The Morgan fingerprint density at radius 2 is 2.19 bits per heavy atom. The van der Waals surface area contributed by atoms with Crippen molar-refractivity contribution >= 4 is 38.2 Å². The number of nitrogen functional groups attached to an aromatic ring is 1. The minimum atomic E-state index is -3.97. The van der Waals surface area contributed by atoms with E-state index in [-0.39, 0.29) is 9.92 Å². The number of aromatic nitrogens is 2. The van der Waals surface area contributed by atoms with E-state index in [1.165, 1.54) is 24.4 Å². The van der Waals surface area contributed by atoms with Crippen molar-refractivity contribution in [3.63, 3.8) is 0 Å². The summed E-state index contributed by atoms with van der Waals surface area (Å²) in [7, 11) is -3.97. The number of fused-ring (bicyclic) bond motifs is 1. The second-order valence-corrected chi connectivity index (χ2v) is 8.62. The highest BCUT2D eigenvalue weighted by Gasteiger charge is 2.24. The molecule has 2 aromatic carbocycles. The molecule has 1 aromatic heterocycles. The molecule has 9 heteroatoms. The van der Waals surface area contributed by atoms with Crippen LogP contribution in [0, 0.1) is 0 Å². The monoisotopic (exact) mass is 406 g/mol. The van der Waals surface area contributed by atoms with E-state index >= 15 is 0 Å². The average Bonchev–Trinajstić information content (AvgIpc) is 3.29. The zero-order valence-corrected chi connectivity index (χ0v) is 16.0. The summed E-state index contributed by atoms with van der Waals surface area (Å²) in [5.41, 5.74) is 6.48. The van der Waals surface area contributed by atoms with Crippen molar-refractivity contribution in [2.24, 2.45) is 0 Å². The molecule has 1 unspecified atom stereocenters. The zero-order valence-electron chi connectivity index (χ0n) is 14.4. The van der Waals surface area contributed by atoms with E-state index in [1.807, 2.05) is 6.07 Å². The van der Waals surface area contributed by atoms with Crippen LogP contribution in [0.5, 0.6) is 5.75 Å². The summed E-state index contributed by atoms with van der Waals surface area (Å²) < 4.78 is 33.0. The molecule has 27 heavy (non-hydrogen) atoms. The third-order valence-electron chi connectivity index (χ3n) is 4.60. The Morgan fingerprint density at radius 1 is 1.33 bits per heavy atom. The standard InChI is InChI=1S/C18H19ClN4O3S/c19-15-9-12(20)6-7-18(15)27(24,25)23-16-4-1-5-17(14(16)10-22-23)26-11-13-3-2-8-21-13/h1,4-7,9-10,13,21H,2-3,8,11,20H2. The molecule has 7 nitrogen and oxygen atoms in total. The Morgan fingerprint density at radius 3 is 2.93 bits per heavy atom. The highest BCUT2D eigenvalue weighted by molar-refractivity contribution is 7.90. The first-order valence-corrected chi connectivity index (χ1v) is 10.4. The normalized spacial score (nSPS) is 17.4. The van der Waals surface area contributed by atoms with E-state index in [1.54, 1.807) is 12.1 Å². The number of anilines is 1. The first-order valence-electron chi connectivity index (χ1n) is 8.60. The van der Waals surface area contributed by atoms with Crippen LogP contribution >= 0.6 is 11.6 Å². The van der Waals surface area contributed by atoms with Crippen LogP contribution in [0.3, 0.4) is 0 Å². The number of hydrogen-bond donors (Lipinski definition) is 2. The minimum Gasteiger partial charge on any atom is -0.491 e. The van der Waals surface area contributed by atoms with Gasteiger partial charge in [-0.1, -0.05) is 17.7 Å². The molecule has 1 fully saturated rings. The molecule has 2 heterocycles. The molecule has 0 saturated carbocycles. The van der Waals surface area contributed by atoms with Gasteiger partial charge in [-0.3, -0.25) is 0 Å². The Bertz CT molecular complexity index is 1090. The number of ether oxygens (including phenoxy) is 1. The van der Waals surface area contributed by atoms with E-state index in [4.69, 9.17) is 22.1 Å². The van der Waals surface area contributed by atoms with Gasteiger partial charge in [0.15, 0.2) is 0 Å². The summed E-state index contributed by atoms with van der Waals surface area (Å²) in [5, 5.41) is 8.14. The van der Waals surface area contributed by atoms with Gasteiger partial charge in [0.2, 0.25) is 0 Å². The van der Waals surface area contributed by atoms with Gasteiger partial charge in [0, 0.05) is 11.7 Å². The van der Waals surface area contributed by atoms with Gasteiger partial charge in [0.25, 0.3) is 10.0 Å². The number of nitrogens with two attached hydrogens (primary N) is 1. The highest BCUT2D eigenvalue weighted by Crippen LogP contribution is 2.31. The van der Waals surface area contributed by atoms with Crippen LogP contribution in [0.4, 0.5) is 5.69 Å². The maximum Gasteiger partial charge on any atom is 0.285 e. The van der Waals surface area contributed by atoms with Crippen LogP contribution < -0.4 is 15.8 Å². The Balaban J connectivity index is 1.71. The zero-order chi connectivity index (χ0) is 19.0. The minimum absolute atomic E-state index is 0.0511. The number of rotatable bonds is 5. The van der Waals surface area contributed by atoms with Crippen molar-refractivity contribution in [3.8, 4) is 5.75 Å². The molecule has 3 aromatic rings. The largest absolute Gasteiger partial charge is 0.491 e. The molecule has 1 atom stereocenters. The van der Waals surface area contributed by atoms with Crippen molar-refractivity contribution in [3.05, 3.63) is 47.6 Å². The van der Waals surface area contributed by atoms with E-state index in [0.717, 1.165) is 23.5 Å². The molecule has 1 saturated heterocycles. The predicted molar refractivity (Wildman–Crippen MR) is 105 cm³/mol. The molecule has 1 aliphatic rings. The number of halogens is 1. The fourth-order valence-corrected chi connectivity index (χ4v) is 5.03. The van der Waals surface area contributed by atoms with Gasteiger partial charge in [-0.2, -0.15) is 17.6 Å². The highest BCUT2D eigenvalue weighted by atomic mass is 35.5. The van der Waals surface area contributed by atoms with Crippen LogP contribution in [0.2, 0.25) is 5.02 Å². The number of nitrogens with one attached hydrogen (secondary N) is 1. The first-order chi connectivity index (χ1) is 13.0. The van der Waals surface area contributed by atoms with Crippen LogP contribution in [-0.2, 0) is 10.0 Å². The van der Waals surface area contributed by atoms with E-state index < -0.39 is 10.0 Å². The van der Waals surface area contributed by atoms with E-state index in [2.05, 4.69) is 10.4 Å². The summed E-state index contributed by atoms with van der Waals surface area (Å²) in [6.45, 7) is 1.53. The van der Waals surface area contributed by atoms with Crippen molar-refractivity contribution in [1.29, 1.82) is 0 Å². The summed E-state index contributed by atoms with van der Waals surface area (Å²) in [6, 6.07) is 9.84. The molecule has 1 aliphatic heterocycles. The van der Waals surface area contributed by atoms with Crippen molar-refractivity contribution in [2.75, 3.05) is 18.9 Å². The van der Waals surface area contributed by atoms with Crippen LogP contribution in [0.15, 0.2) is 47.5 Å². The lowest BCUT2D eigenvalue weighted by molar-refractivity contribution is 0.280. The maximum atomic E-state index is 13.0. The molecule has 142 valence electrons. The number of nitrogens with zero attached hydrogens (tertiary/aromatic N) is 2. The van der Waals surface area contributed by atoms with E-state index in [0.29, 0.717) is 35.0 Å². The Kier molecular flexibility index (Phi) is 4.71. The first kappa shape index (κ1) is 18.1. The lowest BCUT2D eigenvalue weighted by Crippen LogP contribution is -2.28. The van der Waals surface area contributed by atoms with Crippen molar-refractivity contribution in [2.45, 2.75) is 23.8 Å². The van der Waals surface area contributed by atoms with Gasteiger partial charge in [-0.25, -0.2) is 0 Å². The summed E-state index contributed by atoms with van der Waals surface area (Å²) in [5.74, 6) is 0.603. The summed E-state index contributed by atoms with van der Waals surface area (Å²) in [4.78, 5) is -0.0511. The topological polar surface area (TPSA) is 99.2 Å². The van der Waals surface area contributed by atoms with Crippen LogP contribution in [0.1, 0.15) is 12.8 Å². The van der Waals surface area contributed by atoms with Crippen molar-refractivity contribution < 1.29 is 13.2 Å². The van der Waals surface area contributed by atoms with Gasteiger partial charge in [0.05, 0.1) is 22.1 Å². The number of hydrogen-bond acceptors (Lipinski definition) is 6. The van der Waals surface area contributed by atoms with Crippen LogP contribution in [0.25, 0.3) is 10.9 Å². The lowest BCUT2D eigenvalue weighted by Gasteiger charge is -2.13. The maximum absolute atomic E-state index is 13.0. The predicted octanol–water partition coefficient (Wildman–Crippen LogP) is 2.64. The van der Waals surface area contributed by atoms with Gasteiger partial charge >= 0.3 is 0 Å². The molecule has 0 bridgehead atoms. The molecule has 3 N–H and O–H groups in total. The van der Waals surface area contributed by atoms with Crippen molar-refractivity contribution in [1.82, 2.24) is 14.5 Å². The quantitative estimate of drug-likeness (QED) is 0.632. The molecule has 0 aliphatic carbocycles. The smallest absolute Gasteiger partial charge is 0.285 e. The van der Waals surface area contributed by atoms with Gasteiger partial charge < -0.3 is 15.8 Å². The van der Waals surface area contributed by atoms with Crippen LogP contribution in [-0.4, -0.2) is 36.8 Å². The third kappa shape index (κ3) is 3.36. The summed E-state index contributed by atoms with van der Waals surface area (Å²) >= 11 is 6.10.